The second-order valence-electron chi connectivity index (χ2n) is 1.38. The molecular weight excluding hydrogens is 245 g/mol. The molecule has 5 heteroatoms. The van der Waals surface area contributed by atoms with E-state index in [1.165, 1.54) is 11.3 Å². The van der Waals surface area contributed by atoms with Crippen molar-refractivity contribution in [3.8, 4) is 0 Å². The predicted octanol–water partition coefficient (Wildman–Crippen LogP) is 3.40. The van der Waals surface area contributed by atoms with E-state index in [2.05, 4.69) is 15.9 Å². The van der Waals surface area contributed by atoms with Crippen LogP contribution in [0.1, 0.15) is 0 Å². The van der Waals surface area contributed by atoms with Crippen molar-refractivity contribution in [3.63, 3.8) is 0 Å². The third-order valence-corrected chi connectivity index (χ3v) is 3.75. The first-order chi connectivity index (χ1) is 4.13. The standard InChI is InChI=1S/C4H2BrCl2NS/c5-1-2(8)4(7)9-3(1)6/h8H2. The zero-order valence-corrected chi connectivity index (χ0v) is 8.03. The Labute approximate surface area is 74.9 Å². The molecule has 1 heterocycles. The van der Waals surface area contributed by atoms with Crippen molar-refractivity contribution in [2.24, 2.45) is 0 Å². The van der Waals surface area contributed by atoms with Gasteiger partial charge in [-0.15, -0.1) is 11.3 Å². The zero-order valence-electron chi connectivity index (χ0n) is 4.12. The first-order valence-corrected chi connectivity index (χ1v) is 4.38. The summed E-state index contributed by atoms with van der Waals surface area (Å²) in [6.45, 7) is 0. The van der Waals surface area contributed by atoms with Gasteiger partial charge in [0.05, 0.1) is 10.2 Å². The van der Waals surface area contributed by atoms with Gasteiger partial charge in [-0.05, 0) is 15.9 Å². The molecule has 0 bridgehead atoms. The Morgan fingerprint density at radius 1 is 1.33 bits per heavy atom. The number of thiophene rings is 1. The highest BCUT2D eigenvalue weighted by atomic mass is 79.9. The molecule has 1 aromatic rings. The van der Waals surface area contributed by atoms with Gasteiger partial charge in [-0.3, -0.25) is 0 Å². The quantitative estimate of drug-likeness (QED) is 0.746. The monoisotopic (exact) mass is 245 g/mol. The first kappa shape index (κ1) is 7.66. The van der Waals surface area contributed by atoms with Gasteiger partial charge in [0.1, 0.15) is 8.67 Å². The molecular formula is C4H2BrCl2NS. The van der Waals surface area contributed by atoms with Gasteiger partial charge in [0.15, 0.2) is 0 Å². The summed E-state index contributed by atoms with van der Waals surface area (Å²) in [4.78, 5) is 0. The average molecular weight is 247 g/mol. The number of nitrogens with two attached hydrogens (primary N) is 1. The van der Waals surface area contributed by atoms with E-state index in [9.17, 15) is 0 Å². The number of hydrogen-bond donors (Lipinski definition) is 1. The van der Waals surface area contributed by atoms with Crippen LogP contribution in [0.4, 0.5) is 5.69 Å². The van der Waals surface area contributed by atoms with E-state index >= 15 is 0 Å². The largest absolute Gasteiger partial charge is 0.396 e. The molecule has 1 nitrogen and oxygen atoms in total. The minimum atomic E-state index is 0.520. The van der Waals surface area contributed by atoms with Gasteiger partial charge < -0.3 is 5.73 Å². The van der Waals surface area contributed by atoms with E-state index in [0.29, 0.717) is 18.8 Å². The van der Waals surface area contributed by atoms with Gasteiger partial charge in [-0.1, -0.05) is 23.2 Å². The fraction of sp³-hybridized carbons (Fsp3) is 0. The van der Waals surface area contributed by atoms with Crippen molar-refractivity contribution >= 4 is 56.2 Å². The van der Waals surface area contributed by atoms with Crippen molar-refractivity contribution in [1.82, 2.24) is 0 Å². The van der Waals surface area contributed by atoms with Crippen molar-refractivity contribution in [2.45, 2.75) is 0 Å². The molecule has 0 unspecified atom stereocenters. The van der Waals surface area contributed by atoms with Crippen LogP contribution >= 0.6 is 50.5 Å². The van der Waals surface area contributed by atoms with Gasteiger partial charge in [0, 0.05) is 0 Å². The summed E-state index contributed by atoms with van der Waals surface area (Å²) in [5.41, 5.74) is 5.97. The molecule has 1 aromatic heterocycles. The fourth-order valence-electron chi connectivity index (χ4n) is 0.371. The Bertz CT molecular complexity index is 212. The van der Waals surface area contributed by atoms with Gasteiger partial charge >= 0.3 is 0 Å². The molecule has 0 aliphatic heterocycles. The first-order valence-electron chi connectivity index (χ1n) is 2.01. The van der Waals surface area contributed by atoms with Crippen LogP contribution < -0.4 is 5.73 Å². The van der Waals surface area contributed by atoms with Crippen molar-refractivity contribution < 1.29 is 0 Å². The summed E-state index contributed by atoms with van der Waals surface area (Å²) in [5, 5.41) is 0. The van der Waals surface area contributed by atoms with E-state index in [0.717, 1.165) is 0 Å². The van der Waals surface area contributed by atoms with Crippen molar-refractivity contribution in [2.75, 3.05) is 5.73 Å². The van der Waals surface area contributed by atoms with Crippen LogP contribution in [0.5, 0.6) is 0 Å². The molecule has 0 atom stereocenters. The third kappa shape index (κ3) is 1.34. The Balaban J connectivity index is 3.29. The van der Waals surface area contributed by atoms with Gasteiger partial charge in [-0.25, -0.2) is 0 Å². The summed E-state index contributed by atoms with van der Waals surface area (Å²) >= 11 is 15.7. The van der Waals surface area contributed by atoms with Crippen LogP contribution in [0, 0.1) is 0 Å². The number of nitrogen functional groups attached to an aromatic ring is 1. The number of anilines is 1. The summed E-state index contributed by atoms with van der Waals surface area (Å²) in [6, 6.07) is 0. The van der Waals surface area contributed by atoms with Crippen LogP contribution in [-0.4, -0.2) is 0 Å². The summed E-state index contributed by atoms with van der Waals surface area (Å²) in [6.07, 6.45) is 0. The Morgan fingerprint density at radius 2 is 1.89 bits per heavy atom. The highest BCUT2D eigenvalue weighted by Crippen LogP contribution is 2.41. The highest BCUT2D eigenvalue weighted by Gasteiger charge is 2.08. The van der Waals surface area contributed by atoms with Gasteiger partial charge in [0.25, 0.3) is 0 Å². The molecule has 0 amide bonds. The molecule has 0 saturated heterocycles. The summed E-state index contributed by atoms with van der Waals surface area (Å²) < 4.78 is 1.82. The molecule has 0 spiro atoms. The van der Waals surface area contributed by atoms with Crippen molar-refractivity contribution in [3.05, 3.63) is 13.1 Å². The number of halogens is 3. The molecule has 0 saturated carbocycles. The molecule has 1 rings (SSSR count). The maximum absolute atomic E-state index is 5.64. The second-order valence-corrected chi connectivity index (χ2v) is 4.39. The lowest BCUT2D eigenvalue weighted by Gasteiger charge is -1.84. The van der Waals surface area contributed by atoms with E-state index in [4.69, 9.17) is 28.9 Å². The third-order valence-electron chi connectivity index (χ3n) is 0.800. The number of hydrogen-bond acceptors (Lipinski definition) is 2. The summed E-state index contributed by atoms with van der Waals surface area (Å²) in [7, 11) is 0. The highest BCUT2D eigenvalue weighted by molar-refractivity contribution is 9.10. The molecule has 2 N–H and O–H groups in total. The fourth-order valence-corrected chi connectivity index (χ4v) is 2.40. The van der Waals surface area contributed by atoms with Crippen LogP contribution in [0.15, 0.2) is 4.47 Å². The second kappa shape index (κ2) is 2.66. The van der Waals surface area contributed by atoms with Crippen molar-refractivity contribution in [1.29, 1.82) is 0 Å². The Kier molecular flexibility index (Phi) is 2.27. The van der Waals surface area contributed by atoms with E-state index in [1.807, 2.05) is 0 Å². The molecule has 0 fully saturated rings. The molecule has 0 aliphatic rings. The van der Waals surface area contributed by atoms with Crippen LogP contribution in [-0.2, 0) is 0 Å². The maximum atomic E-state index is 5.64. The molecule has 0 aromatic carbocycles. The Hall–Kier alpha value is 0.560. The van der Waals surface area contributed by atoms with Crippen LogP contribution in [0.25, 0.3) is 0 Å². The molecule has 9 heavy (non-hydrogen) atoms. The lowest BCUT2D eigenvalue weighted by atomic mass is 10.6. The van der Waals surface area contributed by atoms with E-state index < -0.39 is 0 Å². The van der Waals surface area contributed by atoms with Gasteiger partial charge in [-0.2, -0.15) is 0 Å². The van der Waals surface area contributed by atoms with Gasteiger partial charge in [0.2, 0.25) is 0 Å². The van der Waals surface area contributed by atoms with Crippen LogP contribution in [0.2, 0.25) is 8.67 Å². The minimum absolute atomic E-state index is 0.520. The normalized spacial score (nSPS) is 10.1. The van der Waals surface area contributed by atoms with E-state index in [1.54, 1.807) is 0 Å². The lowest BCUT2D eigenvalue weighted by molar-refractivity contribution is 1.81. The van der Waals surface area contributed by atoms with Crippen LogP contribution in [0.3, 0.4) is 0 Å². The van der Waals surface area contributed by atoms with E-state index in [-0.39, 0.29) is 0 Å². The zero-order chi connectivity index (χ0) is 7.02. The molecule has 0 radical (unpaired) electrons. The molecule has 50 valence electrons. The smallest absolute Gasteiger partial charge is 0.119 e. The number of rotatable bonds is 0. The SMILES string of the molecule is Nc1c(Cl)sc(Cl)c1Br. The topological polar surface area (TPSA) is 26.0 Å². The molecule has 0 aliphatic carbocycles. The summed E-state index contributed by atoms with van der Waals surface area (Å²) in [5.74, 6) is 0. The minimum Gasteiger partial charge on any atom is -0.396 e. The maximum Gasteiger partial charge on any atom is 0.119 e. The Morgan fingerprint density at radius 3 is 2.00 bits per heavy atom. The average Bonchev–Trinajstić information content (AvgIpc) is 1.98. The lowest BCUT2D eigenvalue weighted by Crippen LogP contribution is -1.80. The predicted molar refractivity (Wildman–Crippen MR) is 46.5 cm³/mol.